The summed E-state index contributed by atoms with van der Waals surface area (Å²) in [4.78, 5) is 6.71. The lowest BCUT2D eigenvalue weighted by Gasteiger charge is -2.54. The zero-order valence-electron chi connectivity index (χ0n) is 11.4. The van der Waals surface area contributed by atoms with Crippen LogP contribution in [0.25, 0.3) is 0 Å². The van der Waals surface area contributed by atoms with Crippen molar-refractivity contribution >= 4 is 5.71 Å². The molecule has 0 aromatic carbocycles. The molecule has 1 aromatic heterocycles. The number of hydrazone groups is 1. The van der Waals surface area contributed by atoms with Gasteiger partial charge in [0.05, 0.1) is 11.3 Å². The van der Waals surface area contributed by atoms with E-state index in [4.69, 9.17) is 5.10 Å². The molecule has 100 valence electrons. The maximum atomic E-state index is 4.85. The number of fused-ring (bicyclic) bond motifs is 2. The van der Waals surface area contributed by atoms with E-state index < -0.39 is 0 Å². The smallest absolute Gasteiger partial charge is 0.0787 e. The summed E-state index contributed by atoms with van der Waals surface area (Å²) < 4.78 is 0. The molecule has 0 radical (unpaired) electrons. The summed E-state index contributed by atoms with van der Waals surface area (Å²) in [5, 5.41) is 7.11. The van der Waals surface area contributed by atoms with Crippen LogP contribution >= 0.6 is 0 Å². The Hall–Kier alpha value is -1.42. The van der Waals surface area contributed by atoms with Crippen LogP contribution in [0.2, 0.25) is 0 Å². The fourth-order valence-corrected chi connectivity index (χ4v) is 4.14. The molecule has 3 saturated heterocycles. The first kappa shape index (κ1) is 11.4. The van der Waals surface area contributed by atoms with Gasteiger partial charge >= 0.3 is 0 Å². The minimum Gasteiger partial charge on any atom is -0.301 e. The average molecular weight is 256 g/mol. The van der Waals surface area contributed by atoms with Crippen LogP contribution in [-0.4, -0.2) is 52.8 Å². The molecular formula is C15H20N4. The average Bonchev–Trinajstić information content (AvgIpc) is 2.78. The molecule has 3 fully saturated rings. The summed E-state index contributed by atoms with van der Waals surface area (Å²) in [6.07, 6.45) is 7.49. The number of likely N-dealkylation sites (N-methyl/N-ethyl adjacent to an activating group) is 1. The summed E-state index contributed by atoms with van der Waals surface area (Å²) in [7, 11) is 2.16. The number of aromatic nitrogens is 1. The summed E-state index contributed by atoms with van der Waals surface area (Å²) in [5.41, 5.74) is 2.73. The summed E-state index contributed by atoms with van der Waals surface area (Å²) in [5.74, 6) is 0.811. The third kappa shape index (κ3) is 1.62. The van der Waals surface area contributed by atoms with Crippen LogP contribution in [0, 0.1) is 5.92 Å². The van der Waals surface area contributed by atoms with E-state index in [0.29, 0.717) is 0 Å². The predicted molar refractivity (Wildman–Crippen MR) is 75.0 cm³/mol. The first-order valence-corrected chi connectivity index (χ1v) is 7.22. The summed E-state index contributed by atoms with van der Waals surface area (Å²) >= 11 is 0. The predicted octanol–water partition coefficient (Wildman–Crippen LogP) is 1.59. The Bertz CT molecular complexity index is 504. The van der Waals surface area contributed by atoms with Gasteiger partial charge in [-0.05, 0) is 44.0 Å². The van der Waals surface area contributed by atoms with Crippen molar-refractivity contribution in [2.75, 3.05) is 26.7 Å². The highest BCUT2D eigenvalue weighted by Gasteiger charge is 2.52. The second-order valence-electron chi connectivity index (χ2n) is 6.14. The Morgan fingerprint density at radius 3 is 2.58 bits per heavy atom. The number of hydrogen-bond acceptors (Lipinski definition) is 4. The van der Waals surface area contributed by atoms with Crippen LogP contribution in [0.3, 0.4) is 0 Å². The lowest BCUT2D eigenvalue weighted by atomic mass is 9.70. The zero-order valence-corrected chi connectivity index (χ0v) is 11.4. The van der Waals surface area contributed by atoms with Crippen molar-refractivity contribution in [2.45, 2.75) is 24.8 Å². The lowest BCUT2D eigenvalue weighted by Crippen LogP contribution is -2.63. The van der Waals surface area contributed by atoms with Crippen LogP contribution in [-0.2, 0) is 0 Å². The van der Waals surface area contributed by atoms with Crippen molar-refractivity contribution in [3.05, 3.63) is 30.1 Å². The van der Waals surface area contributed by atoms with E-state index in [1.54, 1.807) is 0 Å². The molecule has 4 heteroatoms. The van der Waals surface area contributed by atoms with Gasteiger partial charge in [0, 0.05) is 38.0 Å². The Balaban J connectivity index is 1.65. The fourth-order valence-electron chi connectivity index (χ4n) is 4.14. The Morgan fingerprint density at radius 2 is 1.95 bits per heavy atom. The molecule has 19 heavy (non-hydrogen) atoms. The molecule has 5 heterocycles. The third-order valence-corrected chi connectivity index (χ3v) is 5.25. The molecule has 1 atom stereocenters. The highest BCUT2D eigenvalue weighted by Crippen LogP contribution is 2.44. The van der Waals surface area contributed by atoms with Crippen molar-refractivity contribution in [2.24, 2.45) is 11.0 Å². The first-order chi connectivity index (χ1) is 9.28. The van der Waals surface area contributed by atoms with Crippen molar-refractivity contribution in [1.82, 2.24) is 14.9 Å². The number of piperidine rings is 3. The maximum Gasteiger partial charge on any atom is 0.0787 e. The molecule has 1 aromatic rings. The van der Waals surface area contributed by atoms with Crippen LogP contribution in [0.4, 0.5) is 0 Å². The molecule has 4 aliphatic heterocycles. The van der Waals surface area contributed by atoms with Gasteiger partial charge in [0.25, 0.3) is 0 Å². The molecule has 0 amide bonds. The second-order valence-corrected chi connectivity index (χ2v) is 6.14. The standard InChI is InChI=1S/C15H20N4/c1-18-15(11-19-8-4-13(15)5-9-19)10-14(17-18)12-2-6-16-7-3-12/h2-3,6-7,13H,4-5,8-11H2,1H3. The molecular weight excluding hydrogens is 236 g/mol. The Kier molecular flexibility index (Phi) is 2.42. The van der Waals surface area contributed by atoms with Crippen LogP contribution in [0.5, 0.6) is 0 Å². The van der Waals surface area contributed by atoms with Gasteiger partial charge in [-0.1, -0.05) is 0 Å². The molecule has 2 bridgehead atoms. The Morgan fingerprint density at radius 1 is 1.21 bits per heavy atom. The minimum absolute atomic E-state index is 0.259. The monoisotopic (exact) mass is 256 g/mol. The van der Waals surface area contributed by atoms with Crippen molar-refractivity contribution in [3.8, 4) is 0 Å². The van der Waals surface area contributed by atoms with Gasteiger partial charge in [0.1, 0.15) is 0 Å². The topological polar surface area (TPSA) is 31.7 Å². The van der Waals surface area contributed by atoms with Gasteiger partial charge in [-0.25, -0.2) is 0 Å². The van der Waals surface area contributed by atoms with Crippen molar-refractivity contribution < 1.29 is 0 Å². The van der Waals surface area contributed by atoms with Crippen molar-refractivity contribution in [1.29, 1.82) is 0 Å². The molecule has 0 N–H and O–H groups in total. The summed E-state index contributed by atoms with van der Waals surface area (Å²) in [6.45, 7) is 3.75. The molecule has 0 saturated carbocycles. The van der Waals surface area contributed by atoms with Gasteiger partial charge in [-0.2, -0.15) is 5.10 Å². The molecule has 4 aliphatic rings. The van der Waals surface area contributed by atoms with Gasteiger partial charge < -0.3 is 4.90 Å². The van der Waals surface area contributed by atoms with Crippen LogP contribution < -0.4 is 0 Å². The highest BCUT2D eigenvalue weighted by molar-refractivity contribution is 6.02. The maximum absolute atomic E-state index is 4.85. The first-order valence-electron chi connectivity index (χ1n) is 7.22. The molecule has 1 unspecified atom stereocenters. The summed E-state index contributed by atoms with van der Waals surface area (Å²) in [6, 6.07) is 4.15. The molecule has 1 spiro atoms. The van der Waals surface area contributed by atoms with E-state index in [9.17, 15) is 0 Å². The van der Waals surface area contributed by atoms with Crippen LogP contribution in [0.15, 0.2) is 29.6 Å². The number of rotatable bonds is 1. The van der Waals surface area contributed by atoms with Gasteiger partial charge in [0.2, 0.25) is 0 Å². The quantitative estimate of drug-likeness (QED) is 0.764. The van der Waals surface area contributed by atoms with E-state index in [1.165, 1.54) is 43.8 Å². The third-order valence-electron chi connectivity index (χ3n) is 5.25. The Labute approximate surface area is 114 Å². The second kappa shape index (κ2) is 4.04. The van der Waals surface area contributed by atoms with E-state index in [0.717, 1.165) is 12.3 Å². The molecule has 4 nitrogen and oxygen atoms in total. The van der Waals surface area contributed by atoms with E-state index in [-0.39, 0.29) is 5.54 Å². The number of hydrogen-bond donors (Lipinski definition) is 0. The zero-order chi connectivity index (χ0) is 12.9. The lowest BCUT2D eigenvalue weighted by molar-refractivity contribution is -0.0473. The van der Waals surface area contributed by atoms with Gasteiger partial charge in [-0.3, -0.25) is 9.99 Å². The molecule has 5 rings (SSSR count). The van der Waals surface area contributed by atoms with Gasteiger partial charge in [-0.15, -0.1) is 0 Å². The fraction of sp³-hybridized carbons (Fsp3) is 0.600. The largest absolute Gasteiger partial charge is 0.301 e. The highest BCUT2D eigenvalue weighted by atomic mass is 15.5. The molecule has 0 aliphatic carbocycles. The van der Waals surface area contributed by atoms with Crippen LogP contribution in [0.1, 0.15) is 24.8 Å². The normalized spacial score (nSPS) is 36.9. The van der Waals surface area contributed by atoms with Crippen molar-refractivity contribution in [3.63, 3.8) is 0 Å². The number of nitrogens with zero attached hydrogens (tertiary/aromatic N) is 4. The van der Waals surface area contributed by atoms with Gasteiger partial charge in [0.15, 0.2) is 0 Å². The minimum atomic E-state index is 0.259. The SMILES string of the molecule is CN1N=C(c2ccncc2)CC12CN1CCC2CC1. The van der Waals surface area contributed by atoms with E-state index >= 15 is 0 Å². The number of pyridine rings is 1. The van der Waals surface area contributed by atoms with E-state index in [1.807, 2.05) is 12.4 Å². The van der Waals surface area contributed by atoms with E-state index in [2.05, 4.69) is 34.1 Å².